The molecule has 15 heavy (non-hydrogen) atoms. The Balaban J connectivity index is 2.58. The molecule has 2 aromatic rings. The van der Waals surface area contributed by atoms with Gasteiger partial charge in [0.15, 0.2) is 4.77 Å². The highest BCUT2D eigenvalue weighted by molar-refractivity contribution is 7.71. The topological polar surface area (TPSA) is 28.7 Å². The van der Waals surface area contributed by atoms with Crippen LogP contribution < -0.4 is 0 Å². The number of hydrogen-bond donors (Lipinski definition) is 1. The third-order valence-electron chi connectivity index (χ3n) is 2.13. The molecule has 0 unspecified atom stereocenters. The van der Waals surface area contributed by atoms with Gasteiger partial charge in [-0.3, -0.25) is 0 Å². The fraction of sp³-hybridized carbons (Fsp3) is 0.0909. The van der Waals surface area contributed by atoms with Crippen LogP contribution in [0.1, 0.15) is 5.56 Å². The smallest absolute Gasteiger partial charge is 0.197 e. The Morgan fingerprint density at radius 3 is 2.60 bits per heavy atom. The number of nitrogens with one attached hydrogen (secondary N) is 1. The van der Waals surface area contributed by atoms with Crippen molar-refractivity contribution in [2.24, 2.45) is 0 Å². The first kappa shape index (κ1) is 9.98. The molecule has 4 heteroatoms. The Hall–Kier alpha value is -1.55. The Labute approximate surface area is 91.8 Å². The van der Waals surface area contributed by atoms with Gasteiger partial charge in [-0.1, -0.05) is 0 Å². The van der Waals surface area contributed by atoms with Crippen molar-refractivity contribution < 1.29 is 4.39 Å². The van der Waals surface area contributed by atoms with Crippen molar-refractivity contribution in [3.05, 3.63) is 46.6 Å². The first-order chi connectivity index (χ1) is 7.16. The van der Waals surface area contributed by atoms with E-state index in [1.54, 1.807) is 18.3 Å². The molecule has 0 aliphatic rings. The number of halogens is 1. The molecular formula is C11H9FN2S. The quantitative estimate of drug-likeness (QED) is 0.747. The summed E-state index contributed by atoms with van der Waals surface area (Å²) in [5.41, 5.74) is 2.77. The average Bonchev–Trinajstić information content (AvgIpc) is 2.23. The van der Waals surface area contributed by atoms with Crippen LogP contribution in [0.3, 0.4) is 0 Å². The monoisotopic (exact) mass is 220 g/mol. The minimum absolute atomic E-state index is 0.246. The maximum Gasteiger partial charge on any atom is 0.197 e. The van der Waals surface area contributed by atoms with Gasteiger partial charge in [0.25, 0.3) is 0 Å². The van der Waals surface area contributed by atoms with E-state index in [1.807, 2.05) is 6.92 Å². The largest absolute Gasteiger partial charge is 0.330 e. The molecule has 0 aliphatic carbocycles. The van der Waals surface area contributed by atoms with Crippen molar-refractivity contribution in [1.82, 2.24) is 9.97 Å². The van der Waals surface area contributed by atoms with Crippen molar-refractivity contribution >= 4 is 12.2 Å². The third-order valence-corrected chi connectivity index (χ3v) is 2.34. The molecule has 0 radical (unpaired) electrons. The van der Waals surface area contributed by atoms with E-state index in [1.165, 1.54) is 12.1 Å². The fourth-order valence-corrected chi connectivity index (χ4v) is 1.53. The number of H-pyrrole nitrogens is 1. The molecule has 0 bridgehead atoms. The van der Waals surface area contributed by atoms with Gasteiger partial charge in [0, 0.05) is 6.20 Å². The Morgan fingerprint density at radius 1 is 1.27 bits per heavy atom. The number of benzene rings is 1. The highest BCUT2D eigenvalue weighted by atomic mass is 32.1. The maximum atomic E-state index is 12.7. The second-order valence-electron chi connectivity index (χ2n) is 3.25. The van der Waals surface area contributed by atoms with Gasteiger partial charge in [0.2, 0.25) is 0 Å². The summed E-state index contributed by atoms with van der Waals surface area (Å²) in [5.74, 6) is -0.246. The molecule has 1 heterocycles. The first-order valence-electron chi connectivity index (χ1n) is 4.48. The van der Waals surface area contributed by atoms with E-state index in [0.29, 0.717) is 4.77 Å². The van der Waals surface area contributed by atoms with E-state index in [2.05, 4.69) is 9.97 Å². The number of aryl methyl sites for hydroxylation is 1. The van der Waals surface area contributed by atoms with E-state index in [4.69, 9.17) is 12.2 Å². The van der Waals surface area contributed by atoms with Gasteiger partial charge in [0.05, 0.1) is 5.69 Å². The molecule has 0 amide bonds. The van der Waals surface area contributed by atoms with Crippen molar-refractivity contribution in [3.63, 3.8) is 0 Å². The molecular weight excluding hydrogens is 211 g/mol. The highest BCUT2D eigenvalue weighted by Crippen LogP contribution is 2.19. The zero-order valence-electron chi connectivity index (χ0n) is 8.12. The summed E-state index contributed by atoms with van der Waals surface area (Å²) in [5, 5.41) is 0. The van der Waals surface area contributed by atoms with Gasteiger partial charge in [-0.15, -0.1) is 0 Å². The van der Waals surface area contributed by atoms with Gasteiger partial charge in [0.1, 0.15) is 5.82 Å². The molecule has 1 aromatic heterocycles. The van der Waals surface area contributed by atoms with Gasteiger partial charge in [-0.05, 0) is 54.5 Å². The van der Waals surface area contributed by atoms with Crippen molar-refractivity contribution in [2.75, 3.05) is 0 Å². The average molecular weight is 220 g/mol. The third kappa shape index (κ3) is 2.10. The van der Waals surface area contributed by atoms with E-state index in [9.17, 15) is 4.39 Å². The zero-order chi connectivity index (χ0) is 10.8. The number of hydrogen-bond acceptors (Lipinski definition) is 2. The van der Waals surface area contributed by atoms with Crippen LogP contribution in [0, 0.1) is 17.5 Å². The van der Waals surface area contributed by atoms with E-state index >= 15 is 0 Å². The Morgan fingerprint density at radius 2 is 1.93 bits per heavy atom. The molecule has 0 saturated heterocycles. The molecule has 1 aromatic carbocycles. The van der Waals surface area contributed by atoms with Gasteiger partial charge in [-0.25, -0.2) is 9.37 Å². The first-order valence-corrected chi connectivity index (χ1v) is 4.89. The molecule has 0 spiro atoms. The van der Waals surface area contributed by atoms with Crippen LogP contribution in [0.5, 0.6) is 0 Å². The summed E-state index contributed by atoms with van der Waals surface area (Å²) < 4.78 is 13.2. The minimum atomic E-state index is -0.246. The summed E-state index contributed by atoms with van der Waals surface area (Å²) in [6.07, 6.45) is 1.71. The molecule has 2 rings (SSSR count). The number of nitrogens with zero attached hydrogens (tertiary/aromatic N) is 1. The van der Waals surface area contributed by atoms with Crippen molar-refractivity contribution in [2.45, 2.75) is 6.92 Å². The minimum Gasteiger partial charge on any atom is -0.330 e. The second-order valence-corrected chi connectivity index (χ2v) is 3.64. The molecule has 1 N–H and O–H groups in total. The van der Waals surface area contributed by atoms with E-state index in [-0.39, 0.29) is 5.82 Å². The summed E-state index contributed by atoms with van der Waals surface area (Å²) in [6.45, 7) is 1.93. The predicted molar refractivity (Wildman–Crippen MR) is 59.6 cm³/mol. The van der Waals surface area contributed by atoms with Gasteiger partial charge >= 0.3 is 0 Å². The molecule has 0 aliphatic heterocycles. The van der Waals surface area contributed by atoms with Crippen molar-refractivity contribution in [3.8, 4) is 11.3 Å². The van der Waals surface area contributed by atoms with Crippen LogP contribution in [0.15, 0.2) is 30.5 Å². The lowest BCUT2D eigenvalue weighted by molar-refractivity contribution is 0.628. The van der Waals surface area contributed by atoms with Crippen LogP contribution in [0.2, 0.25) is 0 Å². The number of aromatic nitrogens is 2. The summed E-state index contributed by atoms with van der Waals surface area (Å²) in [7, 11) is 0. The zero-order valence-corrected chi connectivity index (χ0v) is 8.94. The van der Waals surface area contributed by atoms with Crippen LogP contribution in [-0.4, -0.2) is 9.97 Å². The normalized spacial score (nSPS) is 10.3. The predicted octanol–water partition coefficient (Wildman–Crippen LogP) is 3.25. The van der Waals surface area contributed by atoms with Crippen LogP contribution in [0.25, 0.3) is 11.3 Å². The van der Waals surface area contributed by atoms with Crippen LogP contribution in [0.4, 0.5) is 4.39 Å². The fourth-order valence-electron chi connectivity index (χ4n) is 1.37. The summed E-state index contributed by atoms with van der Waals surface area (Å²) in [6, 6.07) is 6.27. The maximum absolute atomic E-state index is 12.7. The SMILES string of the molecule is Cc1cnc(=S)[nH]c1-c1ccc(F)cc1. The Kier molecular flexibility index (Phi) is 2.60. The van der Waals surface area contributed by atoms with Crippen molar-refractivity contribution in [1.29, 1.82) is 0 Å². The standard InChI is InChI=1S/C11H9FN2S/c1-7-6-13-11(15)14-10(7)8-2-4-9(12)5-3-8/h2-6H,1H3,(H,13,14,15). The molecule has 0 atom stereocenters. The summed E-state index contributed by atoms with van der Waals surface area (Å²) in [4.78, 5) is 6.96. The lowest BCUT2D eigenvalue weighted by Gasteiger charge is -2.04. The molecule has 0 saturated carbocycles. The molecule has 2 nitrogen and oxygen atoms in total. The van der Waals surface area contributed by atoms with E-state index < -0.39 is 0 Å². The van der Waals surface area contributed by atoms with Gasteiger partial charge in [-0.2, -0.15) is 0 Å². The second kappa shape index (κ2) is 3.90. The lowest BCUT2D eigenvalue weighted by Crippen LogP contribution is -1.91. The molecule has 0 fully saturated rings. The molecule has 76 valence electrons. The van der Waals surface area contributed by atoms with Crippen LogP contribution in [-0.2, 0) is 0 Å². The number of aromatic amines is 1. The highest BCUT2D eigenvalue weighted by Gasteiger charge is 2.02. The number of rotatable bonds is 1. The van der Waals surface area contributed by atoms with Gasteiger partial charge < -0.3 is 4.98 Å². The Bertz CT molecular complexity index is 531. The lowest BCUT2D eigenvalue weighted by atomic mass is 10.1. The van der Waals surface area contributed by atoms with Crippen LogP contribution >= 0.6 is 12.2 Å². The summed E-state index contributed by atoms with van der Waals surface area (Å²) >= 11 is 4.94. The van der Waals surface area contributed by atoms with E-state index in [0.717, 1.165) is 16.8 Å².